The molecule has 0 saturated heterocycles. The summed E-state index contributed by atoms with van der Waals surface area (Å²) in [5, 5.41) is 0.342. The second-order valence-electron chi connectivity index (χ2n) is 6.81. The molecule has 1 amide bonds. The van der Waals surface area contributed by atoms with Crippen molar-refractivity contribution in [3.63, 3.8) is 0 Å². The van der Waals surface area contributed by atoms with Crippen molar-refractivity contribution in [3.8, 4) is 5.75 Å². The zero-order valence-corrected chi connectivity index (χ0v) is 16.7. The Hall–Kier alpha value is -3.36. The molecule has 0 aliphatic rings. The number of anilines is 1. The lowest BCUT2D eigenvalue weighted by atomic mass is 10.1. The summed E-state index contributed by atoms with van der Waals surface area (Å²) < 4.78 is 45.2. The maximum Gasteiger partial charge on any atom is 0.451 e. The van der Waals surface area contributed by atoms with Crippen LogP contribution in [-0.2, 0) is 11.0 Å². The maximum absolute atomic E-state index is 13.1. The fraction of sp³-hybridized carbons (Fsp3) is 0.286. The van der Waals surface area contributed by atoms with Gasteiger partial charge < -0.3 is 4.74 Å². The van der Waals surface area contributed by atoms with Crippen molar-refractivity contribution in [1.82, 2.24) is 15.4 Å². The largest absolute Gasteiger partial charge is 0.480 e. The predicted octanol–water partition coefficient (Wildman–Crippen LogP) is 4.57. The molecule has 3 aromatic rings. The normalized spacial score (nSPS) is 12.5. The number of fused-ring (bicyclic) bond motifs is 1. The highest BCUT2D eigenvalue weighted by molar-refractivity contribution is 5.90. The van der Waals surface area contributed by atoms with Crippen LogP contribution in [0.25, 0.3) is 10.9 Å². The van der Waals surface area contributed by atoms with E-state index < -0.39 is 24.0 Å². The zero-order chi connectivity index (χ0) is 21.9. The van der Waals surface area contributed by atoms with E-state index in [1.807, 2.05) is 26.0 Å². The molecule has 1 unspecified atom stereocenters. The maximum atomic E-state index is 13.1. The molecule has 1 atom stereocenters. The van der Waals surface area contributed by atoms with Crippen molar-refractivity contribution in [3.05, 3.63) is 59.4 Å². The Kier molecular flexibility index (Phi) is 6.09. The van der Waals surface area contributed by atoms with Gasteiger partial charge >= 0.3 is 6.18 Å². The van der Waals surface area contributed by atoms with Crippen LogP contribution in [0.3, 0.4) is 0 Å². The Bertz CT molecular complexity index is 1070. The van der Waals surface area contributed by atoms with Crippen LogP contribution in [0, 0.1) is 13.8 Å². The van der Waals surface area contributed by atoms with Crippen LogP contribution >= 0.6 is 0 Å². The Morgan fingerprint density at radius 2 is 1.87 bits per heavy atom. The number of amides is 1. The molecule has 158 valence electrons. The lowest BCUT2D eigenvalue weighted by Gasteiger charge is -2.20. The van der Waals surface area contributed by atoms with Gasteiger partial charge in [0.1, 0.15) is 5.75 Å². The van der Waals surface area contributed by atoms with Gasteiger partial charge in [-0.25, -0.2) is 9.97 Å². The summed E-state index contributed by atoms with van der Waals surface area (Å²) in [6.45, 7) is 5.60. The van der Waals surface area contributed by atoms with E-state index in [4.69, 9.17) is 4.74 Å². The number of aromatic nitrogens is 2. The lowest BCUT2D eigenvalue weighted by molar-refractivity contribution is -0.144. The highest BCUT2D eigenvalue weighted by atomic mass is 19.4. The Morgan fingerprint density at radius 1 is 1.13 bits per heavy atom. The third kappa shape index (κ3) is 4.79. The topological polar surface area (TPSA) is 76.1 Å². The van der Waals surface area contributed by atoms with Gasteiger partial charge in [-0.05, 0) is 44.0 Å². The number of nitrogens with one attached hydrogen (secondary N) is 2. The number of aryl methyl sites for hydroxylation is 2. The highest BCUT2D eigenvalue weighted by Crippen LogP contribution is 2.30. The standard InChI is InChI=1S/C21H21F3N4O2/c1-4-16(30-17-10-9-12(2)11-13(17)3)19(29)28-27-18-14-7-5-6-8-15(14)25-20(26-18)21(22,23)24/h5-11,16H,4H2,1-3H3,(H,28,29)(H,25,26,27). The smallest absolute Gasteiger partial charge is 0.451 e. The molecule has 0 saturated carbocycles. The lowest BCUT2D eigenvalue weighted by Crippen LogP contribution is -2.41. The van der Waals surface area contributed by atoms with Gasteiger partial charge in [-0.3, -0.25) is 15.6 Å². The molecular formula is C21H21F3N4O2. The summed E-state index contributed by atoms with van der Waals surface area (Å²) in [5.74, 6) is -1.41. The average molecular weight is 418 g/mol. The summed E-state index contributed by atoms with van der Waals surface area (Å²) in [5.41, 5.74) is 6.95. The van der Waals surface area contributed by atoms with E-state index in [2.05, 4.69) is 20.8 Å². The van der Waals surface area contributed by atoms with E-state index in [9.17, 15) is 18.0 Å². The molecule has 0 bridgehead atoms. The number of carbonyl (C=O) groups excluding carboxylic acids is 1. The van der Waals surface area contributed by atoms with E-state index >= 15 is 0 Å². The molecule has 0 aliphatic heterocycles. The van der Waals surface area contributed by atoms with Crippen LogP contribution < -0.4 is 15.6 Å². The Labute approximate surface area is 171 Å². The summed E-state index contributed by atoms with van der Waals surface area (Å²) in [6, 6.07) is 11.8. The number of ether oxygens (including phenoxy) is 1. The van der Waals surface area contributed by atoms with Gasteiger partial charge in [0.2, 0.25) is 5.82 Å². The number of halogens is 3. The zero-order valence-electron chi connectivity index (χ0n) is 16.7. The molecule has 9 heteroatoms. The quantitative estimate of drug-likeness (QED) is 0.574. The van der Waals surface area contributed by atoms with Crippen molar-refractivity contribution >= 4 is 22.6 Å². The summed E-state index contributed by atoms with van der Waals surface area (Å²) in [7, 11) is 0. The first-order chi connectivity index (χ1) is 14.2. The van der Waals surface area contributed by atoms with Crippen LogP contribution in [0.5, 0.6) is 5.75 Å². The number of hydrogen-bond acceptors (Lipinski definition) is 5. The molecular weight excluding hydrogens is 397 g/mol. The molecule has 0 radical (unpaired) electrons. The minimum Gasteiger partial charge on any atom is -0.480 e. The fourth-order valence-corrected chi connectivity index (χ4v) is 2.91. The van der Waals surface area contributed by atoms with Crippen LogP contribution in [0.15, 0.2) is 42.5 Å². The number of alkyl halides is 3. The van der Waals surface area contributed by atoms with Gasteiger partial charge in [-0.15, -0.1) is 0 Å². The molecule has 6 nitrogen and oxygen atoms in total. The van der Waals surface area contributed by atoms with Crippen molar-refractivity contribution in [1.29, 1.82) is 0 Å². The van der Waals surface area contributed by atoms with Crippen LogP contribution in [0.1, 0.15) is 30.3 Å². The van der Waals surface area contributed by atoms with Crippen LogP contribution in [0.4, 0.5) is 19.0 Å². The number of nitrogens with zero attached hydrogens (tertiary/aromatic N) is 2. The van der Waals surface area contributed by atoms with Crippen molar-refractivity contribution in [2.75, 3.05) is 5.43 Å². The number of rotatable bonds is 6. The van der Waals surface area contributed by atoms with E-state index in [-0.39, 0.29) is 11.3 Å². The molecule has 1 heterocycles. The number of benzene rings is 2. The number of carbonyl (C=O) groups is 1. The first kappa shape index (κ1) is 21.4. The molecule has 1 aromatic heterocycles. The number of hydrogen-bond donors (Lipinski definition) is 2. The van der Waals surface area contributed by atoms with E-state index in [0.29, 0.717) is 17.6 Å². The van der Waals surface area contributed by atoms with Gasteiger partial charge in [0.05, 0.1) is 5.52 Å². The van der Waals surface area contributed by atoms with Crippen molar-refractivity contribution < 1.29 is 22.7 Å². The number of hydrazine groups is 1. The average Bonchev–Trinajstić information content (AvgIpc) is 2.70. The summed E-state index contributed by atoms with van der Waals surface area (Å²) in [6.07, 6.45) is -5.20. The summed E-state index contributed by atoms with van der Waals surface area (Å²) >= 11 is 0. The minimum absolute atomic E-state index is 0.107. The molecule has 2 N–H and O–H groups in total. The van der Waals surface area contributed by atoms with Gasteiger partial charge in [0, 0.05) is 5.39 Å². The SMILES string of the molecule is CCC(Oc1ccc(C)cc1C)C(=O)NNc1nc(C(F)(F)F)nc2ccccc12. The van der Waals surface area contributed by atoms with E-state index in [0.717, 1.165) is 11.1 Å². The monoisotopic (exact) mass is 418 g/mol. The third-order valence-electron chi connectivity index (χ3n) is 4.42. The second-order valence-corrected chi connectivity index (χ2v) is 6.81. The fourth-order valence-electron chi connectivity index (χ4n) is 2.91. The second kappa shape index (κ2) is 8.56. The van der Waals surface area contributed by atoms with Gasteiger partial charge in [-0.2, -0.15) is 13.2 Å². The first-order valence-electron chi connectivity index (χ1n) is 9.32. The minimum atomic E-state index is -4.72. The van der Waals surface area contributed by atoms with Gasteiger partial charge in [0.25, 0.3) is 5.91 Å². The molecule has 2 aromatic carbocycles. The van der Waals surface area contributed by atoms with E-state index in [1.165, 1.54) is 6.07 Å². The van der Waals surface area contributed by atoms with Gasteiger partial charge in [0.15, 0.2) is 11.9 Å². The van der Waals surface area contributed by atoms with Crippen LogP contribution in [0.2, 0.25) is 0 Å². The van der Waals surface area contributed by atoms with Crippen LogP contribution in [-0.4, -0.2) is 22.0 Å². The molecule has 0 spiro atoms. The van der Waals surface area contributed by atoms with Gasteiger partial charge in [-0.1, -0.05) is 36.8 Å². The Balaban J connectivity index is 1.79. The molecule has 3 rings (SSSR count). The first-order valence-corrected chi connectivity index (χ1v) is 9.32. The molecule has 30 heavy (non-hydrogen) atoms. The Morgan fingerprint density at radius 3 is 2.53 bits per heavy atom. The van der Waals surface area contributed by atoms with Crippen molar-refractivity contribution in [2.24, 2.45) is 0 Å². The predicted molar refractivity (Wildman–Crippen MR) is 107 cm³/mol. The van der Waals surface area contributed by atoms with E-state index in [1.54, 1.807) is 31.2 Å². The third-order valence-corrected chi connectivity index (χ3v) is 4.42. The molecule has 0 fully saturated rings. The molecule has 0 aliphatic carbocycles. The van der Waals surface area contributed by atoms with Crippen molar-refractivity contribution in [2.45, 2.75) is 39.5 Å². The summed E-state index contributed by atoms with van der Waals surface area (Å²) in [4.78, 5) is 19.7. The number of para-hydroxylation sites is 1. The highest BCUT2D eigenvalue weighted by Gasteiger charge is 2.35.